The molecule has 0 amide bonds. The number of nitrogens with one attached hydrogen (secondary N) is 1. The molecule has 0 aliphatic carbocycles. The zero-order chi connectivity index (χ0) is 9.40. The van der Waals surface area contributed by atoms with Crippen molar-refractivity contribution in [2.45, 2.75) is 6.92 Å². The molecule has 0 aliphatic heterocycles. The van der Waals surface area contributed by atoms with Crippen LogP contribution in [-0.4, -0.2) is 6.72 Å². The summed E-state index contributed by atoms with van der Waals surface area (Å²) in [5.74, 6) is 0. The summed E-state index contributed by atoms with van der Waals surface area (Å²) >= 11 is 0. The fourth-order valence-corrected chi connectivity index (χ4v) is 0.726. The van der Waals surface area contributed by atoms with Crippen LogP contribution in [0.4, 0.5) is 0 Å². The van der Waals surface area contributed by atoms with Crippen LogP contribution in [0.2, 0.25) is 0 Å². The van der Waals surface area contributed by atoms with Crippen molar-refractivity contribution >= 4 is 6.72 Å². The van der Waals surface area contributed by atoms with Crippen LogP contribution in [0.25, 0.3) is 0 Å². The van der Waals surface area contributed by atoms with E-state index in [0.29, 0.717) is 0 Å². The van der Waals surface area contributed by atoms with Gasteiger partial charge in [0.2, 0.25) is 0 Å². The molecule has 2 nitrogen and oxygen atoms in total. The molecular weight excluding hydrogens is 148 g/mol. The second-order valence-electron chi connectivity index (χ2n) is 2.17. The highest BCUT2D eigenvalue weighted by atomic mass is 15.3. The Labute approximate surface area is 73.7 Å². The summed E-state index contributed by atoms with van der Waals surface area (Å²) in [6, 6.07) is 0. The first-order valence-corrected chi connectivity index (χ1v) is 3.60. The van der Waals surface area contributed by atoms with E-state index in [1.807, 2.05) is 19.1 Å². The molecule has 0 aliphatic rings. The Kier molecular flexibility index (Phi) is 5.35. The van der Waals surface area contributed by atoms with Gasteiger partial charge in [0.05, 0.1) is 5.70 Å². The highest BCUT2D eigenvalue weighted by Crippen LogP contribution is 2.05. The van der Waals surface area contributed by atoms with Gasteiger partial charge < -0.3 is 0 Å². The highest BCUT2D eigenvalue weighted by Gasteiger charge is 1.93. The molecule has 64 valence electrons. The molecule has 2 heteroatoms. The number of hydrazone groups is 1. The number of nitrogens with zero attached hydrogens (tertiary/aromatic N) is 1. The lowest BCUT2D eigenvalue weighted by Crippen LogP contribution is -2.04. The van der Waals surface area contributed by atoms with E-state index >= 15 is 0 Å². The van der Waals surface area contributed by atoms with Crippen molar-refractivity contribution in [3.05, 3.63) is 48.7 Å². The van der Waals surface area contributed by atoms with Crippen molar-refractivity contribution in [1.29, 1.82) is 0 Å². The van der Waals surface area contributed by atoms with Crippen molar-refractivity contribution < 1.29 is 0 Å². The van der Waals surface area contributed by atoms with Crippen molar-refractivity contribution in [2.75, 3.05) is 0 Å². The smallest absolute Gasteiger partial charge is 0.0590 e. The Morgan fingerprint density at radius 2 is 1.83 bits per heavy atom. The molecule has 0 aromatic heterocycles. The number of rotatable bonds is 5. The molecule has 0 unspecified atom stereocenters. The van der Waals surface area contributed by atoms with Gasteiger partial charge in [0.25, 0.3) is 0 Å². The van der Waals surface area contributed by atoms with Crippen LogP contribution >= 0.6 is 0 Å². The number of hydrogen-bond donors (Lipinski definition) is 1. The Hall–Kier alpha value is -1.57. The van der Waals surface area contributed by atoms with E-state index in [0.717, 1.165) is 11.3 Å². The molecular formula is C10H14N2. The molecule has 0 aromatic rings. The SMILES string of the molecule is C=C/C=C(C)\C(=C/C=C)NN=C. The van der Waals surface area contributed by atoms with Gasteiger partial charge in [0, 0.05) is 6.72 Å². The van der Waals surface area contributed by atoms with Crippen LogP contribution in [-0.2, 0) is 0 Å². The van der Waals surface area contributed by atoms with Gasteiger partial charge >= 0.3 is 0 Å². The van der Waals surface area contributed by atoms with Crippen molar-refractivity contribution in [3.63, 3.8) is 0 Å². The average Bonchev–Trinajstić information content (AvgIpc) is 2.04. The lowest BCUT2D eigenvalue weighted by Gasteiger charge is -2.04. The summed E-state index contributed by atoms with van der Waals surface area (Å²) in [5, 5.41) is 3.57. The van der Waals surface area contributed by atoms with Crippen LogP contribution in [0.3, 0.4) is 0 Å². The summed E-state index contributed by atoms with van der Waals surface area (Å²) in [4.78, 5) is 0. The predicted octanol–water partition coefficient (Wildman–Crippen LogP) is 2.39. The van der Waals surface area contributed by atoms with Gasteiger partial charge in [-0.3, -0.25) is 5.43 Å². The summed E-state index contributed by atoms with van der Waals surface area (Å²) < 4.78 is 0. The summed E-state index contributed by atoms with van der Waals surface area (Å²) in [6.45, 7) is 12.5. The van der Waals surface area contributed by atoms with E-state index in [4.69, 9.17) is 0 Å². The minimum atomic E-state index is 0.875. The summed E-state index contributed by atoms with van der Waals surface area (Å²) in [5.41, 5.74) is 4.67. The van der Waals surface area contributed by atoms with Gasteiger partial charge in [-0.1, -0.05) is 31.4 Å². The minimum Gasteiger partial charge on any atom is -0.279 e. The number of allylic oxidation sites excluding steroid dienone is 5. The van der Waals surface area contributed by atoms with Gasteiger partial charge in [0.15, 0.2) is 0 Å². The minimum absolute atomic E-state index is 0.875. The topological polar surface area (TPSA) is 24.4 Å². The molecule has 1 N–H and O–H groups in total. The second kappa shape index (κ2) is 6.16. The predicted molar refractivity (Wildman–Crippen MR) is 54.9 cm³/mol. The third kappa shape index (κ3) is 3.56. The molecule has 0 rings (SSSR count). The molecule has 0 saturated heterocycles. The fraction of sp³-hybridized carbons (Fsp3) is 0.100. The van der Waals surface area contributed by atoms with Gasteiger partial charge in [0.1, 0.15) is 0 Å². The highest BCUT2D eigenvalue weighted by molar-refractivity contribution is 5.33. The zero-order valence-corrected chi connectivity index (χ0v) is 7.38. The maximum absolute atomic E-state index is 3.60. The van der Waals surface area contributed by atoms with Crippen molar-refractivity contribution in [2.24, 2.45) is 5.10 Å². The molecule has 0 aromatic carbocycles. The Balaban J connectivity index is 4.60. The third-order valence-corrected chi connectivity index (χ3v) is 1.28. The molecule has 0 atom stereocenters. The van der Waals surface area contributed by atoms with E-state index in [2.05, 4.69) is 30.4 Å². The Bertz CT molecular complexity index is 234. The van der Waals surface area contributed by atoms with Gasteiger partial charge in [-0.2, -0.15) is 5.10 Å². The van der Waals surface area contributed by atoms with Crippen LogP contribution < -0.4 is 5.43 Å². The first-order valence-electron chi connectivity index (χ1n) is 3.60. The average molecular weight is 162 g/mol. The van der Waals surface area contributed by atoms with Crippen molar-refractivity contribution in [3.8, 4) is 0 Å². The monoisotopic (exact) mass is 162 g/mol. The van der Waals surface area contributed by atoms with Crippen LogP contribution in [0, 0.1) is 0 Å². The van der Waals surface area contributed by atoms with Crippen LogP contribution in [0.15, 0.2) is 53.8 Å². The Morgan fingerprint density at radius 3 is 2.25 bits per heavy atom. The van der Waals surface area contributed by atoms with Gasteiger partial charge in [-0.15, -0.1) is 0 Å². The van der Waals surface area contributed by atoms with E-state index in [1.54, 1.807) is 12.2 Å². The third-order valence-electron chi connectivity index (χ3n) is 1.28. The lowest BCUT2D eigenvalue weighted by atomic mass is 10.2. The maximum Gasteiger partial charge on any atom is 0.0590 e. The largest absolute Gasteiger partial charge is 0.279 e. The number of hydrogen-bond acceptors (Lipinski definition) is 2. The van der Waals surface area contributed by atoms with E-state index in [1.165, 1.54) is 0 Å². The fourth-order valence-electron chi connectivity index (χ4n) is 0.726. The van der Waals surface area contributed by atoms with E-state index < -0.39 is 0 Å². The summed E-state index contributed by atoms with van der Waals surface area (Å²) in [6.07, 6.45) is 7.11. The molecule has 0 bridgehead atoms. The quantitative estimate of drug-likeness (QED) is 0.374. The molecule has 0 heterocycles. The van der Waals surface area contributed by atoms with Crippen molar-refractivity contribution in [1.82, 2.24) is 5.43 Å². The van der Waals surface area contributed by atoms with Crippen LogP contribution in [0.1, 0.15) is 6.92 Å². The molecule has 0 saturated carbocycles. The van der Waals surface area contributed by atoms with Gasteiger partial charge in [-0.25, -0.2) is 0 Å². The first kappa shape index (κ1) is 10.4. The molecule has 12 heavy (non-hydrogen) atoms. The summed E-state index contributed by atoms with van der Waals surface area (Å²) in [7, 11) is 0. The van der Waals surface area contributed by atoms with Crippen LogP contribution in [0.5, 0.6) is 0 Å². The first-order chi connectivity index (χ1) is 5.76. The second-order valence-corrected chi connectivity index (χ2v) is 2.17. The molecule has 0 radical (unpaired) electrons. The van der Waals surface area contributed by atoms with E-state index in [-0.39, 0.29) is 0 Å². The van der Waals surface area contributed by atoms with E-state index in [9.17, 15) is 0 Å². The maximum atomic E-state index is 3.60. The van der Waals surface area contributed by atoms with Gasteiger partial charge in [-0.05, 0) is 18.6 Å². The standard InChI is InChI=1S/C10H14N2/c1-5-7-9(3)10(8-6-2)12-11-4/h5-8,12H,1-2,4H2,3H3/b9-7-,10-8+. The molecule has 0 spiro atoms. The lowest BCUT2D eigenvalue weighted by molar-refractivity contribution is 0.907. The Morgan fingerprint density at radius 1 is 1.25 bits per heavy atom. The normalized spacial score (nSPS) is 12.1. The molecule has 0 fully saturated rings. The zero-order valence-electron chi connectivity index (χ0n) is 7.38.